The average Bonchev–Trinajstić information content (AvgIpc) is 3.87. The Kier molecular flexibility index (Phi) is 5.77. The molecule has 0 saturated carbocycles. The van der Waals surface area contributed by atoms with Crippen LogP contribution in [0.25, 0.3) is 110 Å². The van der Waals surface area contributed by atoms with E-state index < -0.39 is 0 Å². The van der Waals surface area contributed by atoms with E-state index in [1.165, 1.54) is 70.9 Å². The van der Waals surface area contributed by atoms with Gasteiger partial charge in [-0.25, -0.2) is 0 Å². The summed E-state index contributed by atoms with van der Waals surface area (Å²) >= 11 is 0. The lowest BCUT2D eigenvalue weighted by atomic mass is 9.91. The van der Waals surface area contributed by atoms with Crippen molar-refractivity contribution < 1.29 is 4.42 Å². The van der Waals surface area contributed by atoms with Crippen molar-refractivity contribution in [1.82, 2.24) is 9.13 Å². The van der Waals surface area contributed by atoms with Gasteiger partial charge in [0.1, 0.15) is 11.2 Å². The number of hydrogen-bond acceptors (Lipinski definition) is 1. The van der Waals surface area contributed by atoms with Gasteiger partial charge in [-0.3, -0.25) is 0 Å². The molecule has 3 nitrogen and oxygen atoms in total. The van der Waals surface area contributed by atoms with Gasteiger partial charge in [0.15, 0.2) is 0 Å². The van der Waals surface area contributed by atoms with E-state index in [0.29, 0.717) is 0 Å². The number of furan rings is 1. The second-order valence-corrected chi connectivity index (χ2v) is 14.1. The molecule has 12 aromatic rings. The molecule has 0 atom stereocenters. The molecule has 53 heavy (non-hydrogen) atoms. The van der Waals surface area contributed by atoms with Crippen LogP contribution in [-0.4, -0.2) is 9.13 Å². The summed E-state index contributed by atoms with van der Waals surface area (Å²) in [6.07, 6.45) is 0. The van der Waals surface area contributed by atoms with Crippen molar-refractivity contribution in [1.29, 1.82) is 0 Å². The van der Waals surface area contributed by atoms with Gasteiger partial charge in [-0.05, 0) is 112 Å². The fraction of sp³-hybridized carbons (Fsp3) is 0. The standard InChI is InChI=1S/C50H30N2O/c1-2-12-33(13-3-1)51-47-20-10-6-16-38(47)43-26-31(22-25-48(43)51)40-27-32-28-50-44(39-17-7-11-21-49(39)53-50)30-41(32)35-24-23-34(29-42(35)40)52-45-18-8-4-14-36(45)37-15-5-9-19-46(37)52/h1-30H. The second kappa shape index (κ2) is 10.7. The first-order valence-corrected chi connectivity index (χ1v) is 18.2. The first kappa shape index (κ1) is 28.6. The minimum atomic E-state index is 0.910. The summed E-state index contributed by atoms with van der Waals surface area (Å²) in [5, 5.41) is 12.1. The van der Waals surface area contributed by atoms with Crippen LogP contribution in [0.3, 0.4) is 0 Å². The minimum absolute atomic E-state index is 0.910. The highest BCUT2D eigenvalue weighted by Gasteiger charge is 2.18. The van der Waals surface area contributed by atoms with Gasteiger partial charge in [0, 0.05) is 43.7 Å². The molecule has 0 aliphatic heterocycles. The van der Waals surface area contributed by atoms with E-state index in [9.17, 15) is 0 Å². The maximum absolute atomic E-state index is 6.41. The molecule has 0 saturated heterocycles. The van der Waals surface area contributed by atoms with Crippen LogP contribution in [0.15, 0.2) is 186 Å². The Balaban J connectivity index is 1.18. The SMILES string of the molecule is c1ccc(-n2c3ccccc3c3cc(-c4cc5cc6oc7ccccc7c6cc5c5ccc(-n6c7ccccc7c7ccccc76)cc45)ccc32)cc1. The number of para-hydroxylation sites is 5. The quantitative estimate of drug-likeness (QED) is 0.171. The van der Waals surface area contributed by atoms with Crippen molar-refractivity contribution >= 4 is 87.1 Å². The van der Waals surface area contributed by atoms with E-state index in [4.69, 9.17) is 4.42 Å². The number of rotatable bonds is 3. The maximum atomic E-state index is 6.41. The van der Waals surface area contributed by atoms with Crippen LogP contribution in [0.1, 0.15) is 0 Å². The molecule has 246 valence electrons. The van der Waals surface area contributed by atoms with E-state index in [1.54, 1.807) is 0 Å². The molecule has 0 N–H and O–H groups in total. The van der Waals surface area contributed by atoms with Gasteiger partial charge in [-0.15, -0.1) is 0 Å². The van der Waals surface area contributed by atoms with Gasteiger partial charge in [0.05, 0.1) is 22.1 Å². The summed E-state index contributed by atoms with van der Waals surface area (Å²) in [4.78, 5) is 0. The van der Waals surface area contributed by atoms with Gasteiger partial charge in [-0.1, -0.05) is 103 Å². The zero-order valence-corrected chi connectivity index (χ0v) is 28.6. The van der Waals surface area contributed by atoms with Gasteiger partial charge in [0.25, 0.3) is 0 Å². The number of hydrogen-bond donors (Lipinski definition) is 0. The second-order valence-electron chi connectivity index (χ2n) is 14.1. The predicted molar refractivity (Wildman–Crippen MR) is 223 cm³/mol. The third-order valence-electron chi connectivity index (χ3n) is 11.3. The summed E-state index contributed by atoms with van der Waals surface area (Å²) < 4.78 is 11.2. The molecule has 3 heteroatoms. The summed E-state index contributed by atoms with van der Waals surface area (Å²) in [6.45, 7) is 0. The monoisotopic (exact) mass is 674 g/mol. The molecule has 12 rings (SSSR count). The van der Waals surface area contributed by atoms with Crippen molar-refractivity contribution in [3.05, 3.63) is 182 Å². The van der Waals surface area contributed by atoms with Crippen LogP contribution in [-0.2, 0) is 0 Å². The van der Waals surface area contributed by atoms with Crippen LogP contribution in [0.2, 0.25) is 0 Å². The van der Waals surface area contributed by atoms with Crippen molar-refractivity contribution in [3.63, 3.8) is 0 Å². The third kappa shape index (κ3) is 4.05. The van der Waals surface area contributed by atoms with E-state index in [0.717, 1.165) is 38.7 Å². The molecule has 0 bridgehead atoms. The molecule has 0 spiro atoms. The van der Waals surface area contributed by atoms with E-state index in [-0.39, 0.29) is 0 Å². The van der Waals surface area contributed by atoms with E-state index >= 15 is 0 Å². The smallest absolute Gasteiger partial charge is 0.136 e. The van der Waals surface area contributed by atoms with Crippen LogP contribution in [0.4, 0.5) is 0 Å². The molecule has 0 aliphatic rings. The van der Waals surface area contributed by atoms with Crippen LogP contribution in [0.5, 0.6) is 0 Å². The van der Waals surface area contributed by atoms with Gasteiger partial charge >= 0.3 is 0 Å². The summed E-state index contributed by atoms with van der Waals surface area (Å²) in [5.74, 6) is 0. The van der Waals surface area contributed by atoms with Crippen molar-refractivity contribution in [2.75, 3.05) is 0 Å². The van der Waals surface area contributed by atoms with E-state index in [1.807, 2.05) is 6.07 Å². The number of aromatic nitrogens is 2. The fourth-order valence-electron chi connectivity index (χ4n) is 8.94. The lowest BCUT2D eigenvalue weighted by molar-refractivity contribution is 0.669. The third-order valence-corrected chi connectivity index (χ3v) is 11.3. The molecule has 0 aliphatic carbocycles. The van der Waals surface area contributed by atoms with Crippen LogP contribution >= 0.6 is 0 Å². The Hall–Kier alpha value is -7.10. The van der Waals surface area contributed by atoms with Gasteiger partial charge in [0.2, 0.25) is 0 Å². The first-order chi connectivity index (χ1) is 26.3. The molecule has 9 aromatic carbocycles. The van der Waals surface area contributed by atoms with Gasteiger partial charge < -0.3 is 13.6 Å². The number of nitrogens with zero attached hydrogens (tertiary/aromatic N) is 2. The Morgan fingerprint density at radius 1 is 0.302 bits per heavy atom. The van der Waals surface area contributed by atoms with E-state index in [2.05, 4.69) is 185 Å². The molecule has 0 fully saturated rings. The highest BCUT2D eigenvalue weighted by atomic mass is 16.3. The summed E-state index contributed by atoms with van der Waals surface area (Å²) in [5.41, 5.74) is 11.3. The molecule has 0 amide bonds. The lowest BCUT2D eigenvalue weighted by Crippen LogP contribution is -1.95. The maximum Gasteiger partial charge on any atom is 0.136 e. The molecular weight excluding hydrogens is 645 g/mol. The lowest BCUT2D eigenvalue weighted by Gasteiger charge is -2.15. The van der Waals surface area contributed by atoms with Crippen LogP contribution in [0, 0.1) is 0 Å². The Morgan fingerprint density at radius 3 is 1.64 bits per heavy atom. The molecular formula is C50H30N2O. The molecule has 3 heterocycles. The Bertz CT molecular complexity index is 3400. The number of benzene rings is 9. The summed E-state index contributed by atoms with van der Waals surface area (Å²) in [7, 11) is 0. The average molecular weight is 675 g/mol. The van der Waals surface area contributed by atoms with Gasteiger partial charge in [-0.2, -0.15) is 0 Å². The molecule has 0 unspecified atom stereocenters. The Labute approximate surface area is 304 Å². The zero-order valence-electron chi connectivity index (χ0n) is 28.6. The number of fused-ring (bicyclic) bond motifs is 12. The normalized spacial score (nSPS) is 12.2. The predicted octanol–water partition coefficient (Wildman–Crippen LogP) is 13.8. The highest BCUT2D eigenvalue weighted by Crippen LogP contribution is 2.43. The largest absolute Gasteiger partial charge is 0.456 e. The zero-order chi connectivity index (χ0) is 34.6. The van der Waals surface area contributed by atoms with Crippen molar-refractivity contribution in [2.24, 2.45) is 0 Å². The molecule has 0 radical (unpaired) electrons. The topological polar surface area (TPSA) is 23.0 Å². The fourth-order valence-corrected chi connectivity index (χ4v) is 8.94. The van der Waals surface area contributed by atoms with Crippen LogP contribution < -0.4 is 0 Å². The Morgan fingerprint density at radius 2 is 0.906 bits per heavy atom. The summed E-state index contributed by atoms with van der Waals surface area (Å²) in [6, 6.07) is 66.2. The highest BCUT2D eigenvalue weighted by molar-refractivity contribution is 6.21. The van der Waals surface area contributed by atoms with Crippen molar-refractivity contribution in [3.8, 4) is 22.5 Å². The molecule has 3 aromatic heterocycles. The minimum Gasteiger partial charge on any atom is -0.456 e. The first-order valence-electron chi connectivity index (χ1n) is 18.2. The van der Waals surface area contributed by atoms with Crippen molar-refractivity contribution in [2.45, 2.75) is 0 Å².